The van der Waals surface area contributed by atoms with Crippen molar-refractivity contribution in [1.29, 1.82) is 0 Å². The first-order chi connectivity index (χ1) is 11.1. The van der Waals surface area contributed by atoms with E-state index in [0.29, 0.717) is 18.8 Å². The third-order valence-electron chi connectivity index (χ3n) is 3.27. The predicted molar refractivity (Wildman–Crippen MR) is 91.9 cm³/mol. The van der Waals surface area contributed by atoms with E-state index in [-0.39, 0.29) is 17.2 Å². The summed E-state index contributed by atoms with van der Waals surface area (Å²) in [5.74, 6) is -0.260. The molecule has 0 bridgehead atoms. The van der Waals surface area contributed by atoms with E-state index in [1.165, 1.54) is 6.07 Å². The second kappa shape index (κ2) is 7.55. The Balaban J connectivity index is 2.30. The molecule has 23 heavy (non-hydrogen) atoms. The summed E-state index contributed by atoms with van der Waals surface area (Å²) < 4.78 is 0. The summed E-state index contributed by atoms with van der Waals surface area (Å²) in [5.41, 5.74) is 0.544. The van der Waals surface area contributed by atoms with E-state index in [1.807, 2.05) is 17.5 Å². The highest BCUT2D eigenvalue weighted by Gasteiger charge is 2.20. The molecule has 0 unspecified atom stereocenters. The number of thiophene rings is 1. The topological polar surface area (TPSA) is 75.5 Å². The number of anilines is 1. The predicted octanol–water partition coefficient (Wildman–Crippen LogP) is 3.53. The first-order valence-corrected chi connectivity index (χ1v) is 7.83. The van der Waals surface area contributed by atoms with Crippen molar-refractivity contribution in [3.8, 4) is 0 Å². The van der Waals surface area contributed by atoms with Crippen LogP contribution in [0.15, 0.2) is 48.4 Å². The van der Waals surface area contributed by atoms with Crippen molar-refractivity contribution in [3.63, 3.8) is 0 Å². The van der Waals surface area contributed by atoms with Gasteiger partial charge in [0.15, 0.2) is 0 Å². The van der Waals surface area contributed by atoms with Gasteiger partial charge in [0, 0.05) is 30.1 Å². The van der Waals surface area contributed by atoms with Gasteiger partial charge in [0.05, 0.1) is 11.5 Å². The molecular weight excluding hydrogens is 314 g/mol. The largest absolute Gasteiger partial charge is 0.383 e. The normalized spacial score (nSPS) is 10.1. The average Bonchev–Trinajstić information content (AvgIpc) is 3.06. The fraction of sp³-hybridized carbons (Fsp3) is 0.188. The molecule has 0 aliphatic rings. The molecule has 2 rings (SSSR count). The summed E-state index contributed by atoms with van der Waals surface area (Å²) in [4.78, 5) is 26.0. The summed E-state index contributed by atoms with van der Waals surface area (Å²) in [6, 6.07) is 8.30. The first kappa shape index (κ1) is 16.7. The highest BCUT2D eigenvalue weighted by Crippen LogP contribution is 2.26. The van der Waals surface area contributed by atoms with Gasteiger partial charge in [-0.1, -0.05) is 12.1 Å². The fourth-order valence-electron chi connectivity index (χ4n) is 2.18. The van der Waals surface area contributed by atoms with Crippen molar-refractivity contribution in [1.82, 2.24) is 4.90 Å². The van der Waals surface area contributed by atoms with E-state index in [4.69, 9.17) is 0 Å². The monoisotopic (exact) mass is 331 g/mol. The molecule has 1 aromatic heterocycles. The zero-order chi connectivity index (χ0) is 16.8. The Morgan fingerprint density at radius 1 is 1.48 bits per heavy atom. The molecule has 0 spiro atoms. The maximum Gasteiger partial charge on any atom is 0.293 e. The second-order valence-corrected chi connectivity index (χ2v) is 5.82. The smallest absolute Gasteiger partial charge is 0.293 e. The lowest BCUT2D eigenvalue weighted by Crippen LogP contribution is -2.30. The van der Waals surface area contributed by atoms with E-state index in [2.05, 4.69) is 11.9 Å². The lowest BCUT2D eigenvalue weighted by atomic mass is 10.1. The zero-order valence-corrected chi connectivity index (χ0v) is 13.5. The molecule has 1 heterocycles. The summed E-state index contributed by atoms with van der Waals surface area (Å²) in [5, 5.41) is 15.8. The van der Waals surface area contributed by atoms with Crippen LogP contribution in [0.25, 0.3) is 0 Å². The lowest BCUT2D eigenvalue weighted by molar-refractivity contribution is -0.384. The molecule has 0 saturated heterocycles. The molecule has 0 fully saturated rings. The zero-order valence-electron chi connectivity index (χ0n) is 12.7. The number of nitro groups is 1. The lowest BCUT2D eigenvalue weighted by Gasteiger charge is -2.20. The van der Waals surface area contributed by atoms with Crippen LogP contribution < -0.4 is 5.32 Å². The Kier molecular flexibility index (Phi) is 5.48. The van der Waals surface area contributed by atoms with E-state index in [0.717, 1.165) is 4.88 Å². The van der Waals surface area contributed by atoms with Crippen LogP contribution in [0.1, 0.15) is 15.2 Å². The van der Waals surface area contributed by atoms with Gasteiger partial charge >= 0.3 is 0 Å². The van der Waals surface area contributed by atoms with E-state index < -0.39 is 4.92 Å². The first-order valence-electron chi connectivity index (χ1n) is 6.95. The number of nitrogens with one attached hydrogen (secondary N) is 1. The van der Waals surface area contributed by atoms with Crippen molar-refractivity contribution in [3.05, 3.63) is 68.9 Å². The average molecular weight is 331 g/mol. The number of amides is 1. The van der Waals surface area contributed by atoms with Crippen LogP contribution in [0.5, 0.6) is 0 Å². The highest BCUT2D eigenvalue weighted by atomic mass is 32.1. The molecular formula is C16H17N3O3S. The number of carbonyl (C=O) groups excluding carboxylic acids is 1. The van der Waals surface area contributed by atoms with Crippen molar-refractivity contribution >= 4 is 28.6 Å². The van der Waals surface area contributed by atoms with Crippen molar-refractivity contribution in [2.75, 3.05) is 18.9 Å². The van der Waals surface area contributed by atoms with E-state index in [1.54, 1.807) is 41.5 Å². The van der Waals surface area contributed by atoms with Crippen molar-refractivity contribution < 1.29 is 9.72 Å². The quantitative estimate of drug-likeness (QED) is 0.478. The molecule has 0 radical (unpaired) electrons. The number of hydrogen-bond acceptors (Lipinski definition) is 5. The molecule has 0 atom stereocenters. The van der Waals surface area contributed by atoms with Crippen LogP contribution in [0.2, 0.25) is 0 Å². The number of nitro benzene ring substituents is 1. The molecule has 1 aromatic carbocycles. The number of carbonyl (C=O) groups is 1. The van der Waals surface area contributed by atoms with Gasteiger partial charge in [-0.05, 0) is 23.6 Å². The van der Waals surface area contributed by atoms with Crippen LogP contribution >= 0.6 is 11.3 Å². The minimum absolute atomic E-state index is 0.118. The molecule has 1 amide bonds. The van der Waals surface area contributed by atoms with Gasteiger partial charge in [-0.3, -0.25) is 14.9 Å². The minimum atomic E-state index is -0.500. The summed E-state index contributed by atoms with van der Waals surface area (Å²) in [6.45, 7) is 4.49. The Labute approximate surface area is 138 Å². The van der Waals surface area contributed by atoms with Gasteiger partial charge in [-0.2, -0.15) is 0 Å². The fourth-order valence-corrected chi connectivity index (χ4v) is 2.89. The van der Waals surface area contributed by atoms with Crippen molar-refractivity contribution in [2.24, 2.45) is 0 Å². The van der Waals surface area contributed by atoms with Crippen LogP contribution in [0.3, 0.4) is 0 Å². The minimum Gasteiger partial charge on any atom is -0.383 e. The van der Waals surface area contributed by atoms with Crippen LogP contribution in [-0.4, -0.2) is 29.3 Å². The maximum absolute atomic E-state index is 12.7. The van der Waals surface area contributed by atoms with E-state index in [9.17, 15) is 14.9 Å². The third kappa shape index (κ3) is 3.95. The molecule has 2 aromatic rings. The Hall–Kier alpha value is -2.67. The van der Waals surface area contributed by atoms with Gasteiger partial charge in [0.25, 0.3) is 11.6 Å². The van der Waals surface area contributed by atoms with Gasteiger partial charge in [-0.15, -0.1) is 17.9 Å². The van der Waals surface area contributed by atoms with Gasteiger partial charge < -0.3 is 10.2 Å². The summed E-state index contributed by atoms with van der Waals surface area (Å²) in [6.07, 6.45) is 1.64. The van der Waals surface area contributed by atoms with Gasteiger partial charge in [0.2, 0.25) is 0 Å². The third-order valence-corrected chi connectivity index (χ3v) is 4.14. The number of hydrogen-bond donors (Lipinski definition) is 1. The molecule has 6 nitrogen and oxygen atoms in total. The van der Waals surface area contributed by atoms with E-state index >= 15 is 0 Å². The van der Waals surface area contributed by atoms with Crippen LogP contribution in [0.4, 0.5) is 11.4 Å². The Bertz CT molecular complexity index is 713. The molecule has 7 heteroatoms. The standard InChI is InChI=1S/C16H17N3O3S/c1-3-8-18(11-13-5-4-9-23-13)16(20)12-6-7-14(17-2)15(10-12)19(21)22/h3-7,9-10,17H,1,8,11H2,2H3. The SMILES string of the molecule is C=CCN(Cc1cccs1)C(=O)c1ccc(NC)c([N+](=O)[O-])c1. The Morgan fingerprint density at radius 2 is 2.26 bits per heavy atom. The molecule has 0 aliphatic carbocycles. The molecule has 0 saturated carbocycles. The number of benzene rings is 1. The van der Waals surface area contributed by atoms with Crippen molar-refractivity contribution in [2.45, 2.75) is 6.54 Å². The number of rotatable bonds is 7. The maximum atomic E-state index is 12.7. The summed E-state index contributed by atoms with van der Waals surface area (Å²) in [7, 11) is 1.60. The van der Waals surface area contributed by atoms with Crippen LogP contribution in [0, 0.1) is 10.1 Å². The van der Waals surface area contributed by atoms with Gasteiger partial charge in [-0.25, -0.2) is 0 Å². The molecule has 120 valence electrons. The molecule has 1 N–H and O–H groups in total. The van der Waals surface area contributed by atoms with Gasteiger partial charge in [0.1, 0.15) is 5.69 Å². The highest BCUT2D eigenvalue weighted by molar-refractivity contribution is 7.09. The number of nitrogens with zero attached hydrogens (tertiary/aromatic N) is 2. The van der Waals surface area contributed by atoms with Crippen LogP contribution in [-0.2, 0) is 6.54 Å². The second-order valence-electron chi connectivity index (χ2n) is 4.79. The summed E-state index contributed by atoms with van der Waals surface area (Å²) >= 11 is 1.56. The Morgan fingerprint density at radius 3 is 2.83 bits per heavy atom. The molecule has 0 aliphatic heterocycles.